The normalized spacial score (nSPS) is 8.54. The highest BCUT2D eigenvalue weighted by molar-refractivity contribution is 5.37. The van der Waals surface area contributed by atoms with Crippen molar-refractivity contribution in [3.8, 4) is 11.5 Å². The van der Waals surface area contributed by atoms with Crippen LogP contribution < -0.4 is 4.74 Å². The zero-order valence-electron chi connectivity index (χ0n) is 7.47. The number of para-hydroxylation sites is 2. The smallest absolute Gasteiger partial charge is 0.160 e. The number of aromatic hydroxyl groups is 1. The van der Waals surface area contributed by atoms with Crippen LogP contribution in [-0.2, 0) is 0 Å². The molecule has 0 aliphatic carbocycles. The second kappa shape index (κ2) is 7.39. The molecule has 1 rings (SSSR count). The third-order valence-corrected chi connectivity index (χ3v) is 1.19. The molecule has 0 radical (unpaired) electrons. The average molecular weight is 186 g/mol. The van der Waals surface area contributed by atoms with E-state index >= 15 is 0 Å². The molecule has 0 bridgehead atoms. The Balaban J connectivity index is 0.000000310. The van der Waals surface area contributed by atoms with Gasteiger partial charge in [-0.3, -0.25) is 0 Å². The monoisotopic (exact) mass is 186 g/mol. The quantitative estimate of drug-likeness (QED) is 0.624. The van der Waals surface area contributed by atoms with Crippen molar-refractivity contribution in [1.82, 2.24) is 0 Å². The van der Waals surface area contributed by atoms with Crippen molar-refractivity contribution in [2.75, 3.05) is 20.3 Å². The average Bonchev–Trinajstić information content (AvgIpc) is 2.19. The summed E-state index contributed by atoms with van der Waals surface area (Å²) in [5.74, 6) is 0.692. The third kappa shape index (κ3) is 5.05. The van der Waals surface area contributed by atoms with Gasteiger partial charge < -0.3 is 20.1 Å². The standard InChI is InChI=1S/C7H8O2.C2H6O2/c1-9-7-5-3-2-4-6(7)8;3-1-2-4/h2-5,8H,1H3;3-4H,1-2H2. The minimum Gasteiger partial charge on any atom is -0.504 e. The number of methoxy groups -OCH3 is 1. The van der Waals surface area contributed by atoms with Crippen LogP contribution in [0, 0.1) is 0 Å². The highest BCUT2D eigenvalue weighted by atomic mass is 16.5. The van der Waals surface area contributed by atoms with Crippen molar-refractivity contribution >= 4 is 0 Å². The van der Waals surface area contributed by atoms with Gasteiger partial charge in [0.15, 0.2) is 11.5 Å². The Bertz CT molecular complexity index is 223. The molecule has 0 aromatic heterocycles. The van der Waals surface area contributed by atoms with Gasteiger partial charge in [0.05, 0.1) is 20.3 Å². The highest BCUT2D eigenvalue weighted by Gasteiger charge is 1.94. The van der Waals surface area contributed by atoms with Gasteiger partial charge in [0.25, 0.3) is 0 Å². The van der Waals surface area contributed by atoms with Gasteiger partial charge in [-0.1, -0.05) is 12.1 Å². The molecule has 0 saturated heterocycles. The molecule has 1 aromatic carbocycles. The van der Waals surface area contributed by atoms with Gasteiger partial charge >= 0.3 is 0 Å². The summed E-state index contributed by atoms with van der Waals surface area (Å²) in [6.45, 7) is -0.250. The van der Waals surface area contributed by atoms with Crippen LogP contribution in [0.4, 0.5) is 0 Å². The van der Waals surface area contributed by atoms with Crippen LogP contribution >= 0.6 is 0 Å². The minimum absolute atomic E-state index is 0.125. The van der Waals surface area contributed by atoms with Crippen LogP contribution in [0.1, 0.15) is 0 Å². The van der Waals surface area contributed by atoms with Crippen molar-refractivity contribution in [3.05, 3.63) is 24.3 Å². The molecule has 4 nitrogen and oxygen atoms in total. The lowest BCUT2D eigenvalue weighted by molar-refractivity contribution is 0.186. The fourth-order valence-electron chi connectivity index (χ4n) is 0.630. The highest BCUT2D eigenvalue weighted by Crippen LogP contribution is 2.22. The second-order valence-corrected chi connectivity index (χ2v) is 2.12. The van der Waals surface area contributed by atoms with E-state index < -0.39 is 0 Å². The lowest BCUT2D eigenvalue weighted by Gasteiger charge is -1.99. The topological polar surface area (TPSA) is 69.9 Å². The van der Waals surface area contributed by atoms with E-state index in [9.17, 15) is 0 Å². The van der Waals surface area contributed by atoms with Gasteiger partial charge in [-0.15, -0.1) is 0 Å². The fourth-order valence-corrected chi connectivity index (χ4v) is 0.630. The summed E-state index contributed by atoms with van der Waals surface area (Å²) in [5, 5.41) is 24.2. The molecule has 0 fully saturated rings. The molecule has 74 valence electrons. The lowest BCUT2D eigenvalue weighted by atomic mass is 10.3. The number of hydrogen-bond acceptors (Lipinski definition) is 4. The summed E-state index contributed by atoms with van der Waals surface area (Å²) in [6.07, 6.45) is 0. The van der Waals surface area contributed by atoms with Crippen molar-refractivity contribution in [1.29, 1.82) is 0 Å². The summed E-state index contributed by atoms with van der Waals surface area (Å²) in [4.78, 5) is 0. The Labute approximate surface area is 77.0 Å². The fraction of sp³-hybridized carbons (Fsp3) is 0.333. The molecular weight excluding hydrogens is 172 g/mol. The number of phenolic OH excluding ortho intramolecular Hbond substituents is 1. The van der Waals surface area contributed by atoms with E-state index in [0.29, 0.717) is 5.75 Å². The third-order valence-electron chi connectivity index (χ3n) is 1.19. The van der Waals surface area contributed by atoms with E-state index in [0.717, 1.165) is 0 Å². The first-order valence-corrected chi connectivity index (χ1v) is 3.80. The first-order valence-electron chi connectivity index (χ1n) is 3.80. The Morgan fingerprint density at radius 3 is 2.00 bits per heavy atom. The number of phenols is 1. The predicted molar refractivity (Wildman–Crippen MR) is 48.8 cm³/mol. The molecule has 0 amide bonds. The maximum absolute atomic E-state index is 8.99. The first-order chi connectivity index (χ1) is 6.26. The van der Waals surface area contributed by atoms with Crippen molar-refractivity contribution in [2.24, 2.45) is 0 Å². The van der Waals surface area contributed by atoms with E-state index in [1.165, 1.54) is 7.11 Å². The zero-order valence-corrected chi connectivity index (χ0v) is 7.47. The van der Waals surface area contributed by atoms with E-state index in [-0.39, 0.29) is 19.0 Å². The van der Waals surface area contributed by atoms with Crippen molar-refractivity contribution < 1.29 is 20.1 Å². The molecular formula is C9H14O4. The maximum atomic E-state index is 8.99. The Hall–Kier alpha value is -1.26. The molecule has 0 saturated carbocycles. The molecule has 13 heavy (non-hydrogen) atoms. The number of aliphatic hydroxyl groups excluding tert-OH is 2. The summed E-state index contributed by atoms with van der Waals surface area (Å²) in [5.41, 5.74) is 0. The number of hydrogen-bond donors (Lipinski definition) is 3. The summed E-state index contributed by atoms with van der Waals surface area (Å²) >= 11 is 0. The van der Waals surface area contributed by atoms with Crippen LogP contribution in [0.25, 0.3) is 0 Å². The van der Waals surface area contributed by atoms with Gasteiger partial charge in [0, 0.05) is 0 Å². The summed E-state index contributed by atoms with van der Waals surface area (Å²) < 4.78 is 4.79. The summed E-state index contributed by atoms with van der Waals surface area (Å²) in [7, 11) is 1.52. The van der Waals surface area contributed by atoms with Gasteiger partial charge in [-0.2, -0.15) is 0 Å². The molecule has 0 heterocycles. The molecule has 3 N–H and O–H groups in total. The van der Waals surface area contributed by atoms with Crippen molar-refractivity contribution in [2.45, 2.75) is 0 Å². The number of rotatable bonds is 2. The van der Waals surface area contributed by atoms with E-state index in [1.807, 2.05) is 0 Å². The van der Waals surface area contributed by atoms with E-state index in [2.05, 4.69) is 0 Å². The van der Waals surface area contributed by atoms with E-state index in [4.69, 9.17) is 20.1 Å². The zero-order chi connectivity index (χ0) is 10.1. The van der Waals surface area contributed by atoms with Gasteiger partial charge in [-0.25, -0.2) is 0 Å². The lowest BCUT2D eigenvalue weighted by Crippen LogP contribution is -1.85. The van der Waals surface area contributed by atoms with Crippen molar-refractivity contribution in [3.63, 3.8) is 0 Å². The Morgan fingerprint density at radius 1 is 1.15 bits per heavy atom. The second-order valence-electron chi connectivity index (χ2n) is 2.12. The van der Waals surface area contributed by atoms with Crippen LogP contribution in [0.3, 0.4) is 0 Å². The van der Waals surface area contributed by atoms with Gasteiger partial charge in [0.1, 0.15) is 0 Å². The first kappa shape index (κ1) is 11.7. The number of benzene rings is 1. The molecule has 0 spiro atoms. The SMILES string of the molecule is COc1ccccc1O.OCCO. The maximum Gasteiger partial charge on any atom is 0.160 e. The number of aliphatic hydroxyl groups is 2. The molecule has 0 unspecified atom stereocenters. The van der Waals surface area contributed by atoms with Crippen LogP contribution in [0.5, 0.6) is 11.5 Å². The predicted octanol–water partition coefficient (Wildman–Crippen LogP) is 0.372. The van der Waals surface area contributed by atoms with Gasteiger partial charge in [0.2, 0.25) is 0 Å². The Morgan fingerprint density at radius 2 is 1.69 bits per heavy atom. The molecule has 0 atom stereocenters. The minimum atomic E-state index is -0.125. The molecule has 0 aliphatic rings. The largest absolute Gasteiger partial charge is 0.504 e. The molecule has 0 aliphatic heterocycles. The van der Waals surface area contributed by atoms with Crippen LogP contribution in [-0.4, -0.2) is 35.6 Å². The molecule has 4 heteroatoms. The van der Waals surface area contributed by atoms with Crippen LogP contribution in [0.2, 0.25) is 0 Å². The molecule has 1 aromatic rings. The van der Waals surface area contributed by atoms with Gasteiger partial charge in [-0.05, 0) is 12.1 Å². The number of ether oxygens (including phenoxy) is 1. The van der Waals surface area contributed by atoms with E-state index in [1.54, 1.807) is 24.3 Å². The van der Waals surface area contributed by atoms with Crippen LogP contribution in [0.15, 0.2) is 24.3 Å². The summed E-state index contributed by atoms with van der Waals surface area (Å²) in [6, 6.07) is 6.84. The Kier molecular flexibility index (Phi) is 6.68.